The van der Waals surface area contributed by atoms with Crippen molar-refractivity contribution in [1.82, 2.24) is 14.3 Å². The topological polar surface area (TPSA) is 73.2 Å². The lowest BCUT2D eigenvalue weighted by Gasteiger charge is -2.35. The molecule has 1 heterocycles. The molecule has 6 nitrogen and oxygen atoms in total. The summed E-state index contributed by atoms with van der Waals surface area (Å²) in [6.07, 6.45) is 7.14. The molecule has 1 saturated carbocycles. The van der Waals surface area contributed by atoms with E-state index in [0.717, 1.165) is 19.4 Å². The fourth-order valence-corrected chi connectivity index (χ4v) is 4.23. The Morgan fingerprint density at radius 2 is 2.14 bits per heavy atom. The van der Waals surface area contributed by atoms with E-state index in [1.165, 1.54) is 7.11 Å². The summed E-state index contributed by atoms with van der Waals surface area (Å²) in [5.74, 6) is 0.851. The standard InChI is InChI=1S/C15H19N3O3S/c1-21-14-4-2-3-5-15(14)22(19,20)17-13-8-12(9-13)10-18-7-6-16-11-18/h2-7,11-13,17H,8-10H2,1H3. The second-order valence-electron chi connectivity index (χ2n) is 5.57. The quantitative estimate of drug-likeness (QED) is 0.878. The van der Waals surface area contributed by atoms with Crippen LogP contribution < -0.4 is 9.46 Å². The van der Waals surface area contributed by atoms with Crippen LogP contribution in [0.25, 0.3) is 0 Å². The number of aromatic nitrogens is 2. The van der Waals surface area contributed by atoms with Gasteiger partial charge in [-0.15, -0.1) is 0 Å². The Labute approximate surface area is 130 Å². The molecule has 0 bridgehead atoms. The first-order chi connectivity index (χ1) is 10.6. The molecule has 1 aliphatic carbocycles. The molecule has 0 atom stereocenters. The fourth-order valence-electron chi connectivity index (χ4n) is 2.80. The first-order valence-corrected chi connectivity index (χ1v) is 8.68. The molecule has 22 heavy (non-hydrogen) atoms. The van der Waals surface area contributed by atoms with Crippen molar-refractivity contribution in [3.63, 3.8) is 0 Å². The van der Waals surface area contributed by atoms with Gasteiger partial charge in [0.05, 0.1) is 13.4 Å². The number of hydrogen-bond acceptors (Lipinski definition) is 4. The maximum atomic E-state index is 12.4. The first kappa shape index (κ1) is 15.1. The molecule has 0 spiro atoms. The minimum Gasteiger partial charge on any atom is -0.495 e. The lowest BCUT2D eigenvalue weighted by molar-refractivity contribution is 0.220. The zero-order valence-corrected chi connectivity index (χ0v) is 13.2. The zero-order valence-electron chi connectivity index (χ0n) is 12.3. The number of ether oxygens (including phenoxy) is 1. The van der Waals surface area contributed by atoms with Gasteiger partial charge in [0.2, 0.25) is 10.0 Å². The van der Waals surface area contributed by atoms with Gasteiger partial charge < -0.3 is 9.30 Å². The fraction of sp³-hybridized carbons (Fsp3) is 0.400. The molecule has 1 N–H and O–H groups in total. The van der Waals surface area contributed by atoms with Gasteiger partial charge in [-0.05, 0) is 30.9 Å². The van der Waals surface area contributed by atoms with Gasteiger partial charge in [-0.1, -0.05) is 12.1 Å². The van der Waals surface area contributed by atoms with E-state index in [2.05, 4.69) is 9.71 Å². The number of para-hydroxylation sites is 1. The van der Waals surface area contributed by atoms with Crippen molar-refractivity contribution in [2.75, 3.05) is 7.11 Å². The highest BCUT2D eigenvalue weighted by atomic mass is 32.2. The average Bonchev–Trinajstić information content (AvgIpc) is 2.98. The third-order valence-electron chi connectivity index (χ3n) is 3.94. The van der Waals surface area contributed by atoms with Crippen LogP contribution in [0, 0.1) is 5.92 Å². The Morgan fingerprint density at radius 3 is 2.82 bits per heavy atom. The Morgan fingerprint density at radius 1 is 1.36 bits per heavy atom. The molecule has 2 aromatic rings. The van der Waals surface area contributed by atoms with E-state index in [1.54, 1.807) is 36.8 Å². The van der Waals surface area contributed by atoms with E-state index in [4.69, 9.17) is 4.74 Å². The molecule has 7 heteroatoms. The minimum atomic E-state index is -3.54. The van der Waals surface area contributed by atoms with Crippen LogP contribution in [0.2, 0.25) is 0 Å². The van der Waals surface area contributed by atoms with Gasteiger partial charge in [-0.3, -0.25) is 0 Å². The van der Waals surface area contributed by atoms with E-state index in [1.807, 2.05) is 10.8 Å². The summed E-state index contributed by atoms with van der Waals surface area (Å²) in [4.78, 5) is 4.20. The number of benzene rings is 1. The lowest BCUT2D eigenvalue weighted by Crippen LogP contribution is -2.45. The summed E-state index contributed by atoms with van der Waals surface area (Å²) in [5, 5.41) is 0. The SMILES string of the molecule is COc1ccccc1S(=O)(=O)NC1CC(Cn2ccnc2)C1. The average molecular weight is 321 g/mol. The number of rotatable bonds is 6. The van der Waals surface area contributed by atoms with Gasteiger partial charge in [0, 0.05) is 25.0 Å². The van der Waals surface area contributed by atoms with Crippen molar-refractivity contribution in [3.8, 4) is 5.75 Å². The van der Waals surface area contributed by atoms with E-state index >= 15 is 0 Å². The highest BCUT2D eigenvalue weighted by Crippen LogP contribution is 2.31. The normalized spacial score (nSPS) is 21.3. The van der Waals surface area contributed by atoms with Gasteiger partial charge in [-0.2, -0.15) is 0 Å². The Kier molecular flexibility index (Phi) is 4.17. The van der Waals surface area contributed by atoms with Crippen LogP contribution in [0.1, 0.15) is 12.8 Å². The first-order valence-electron chi connectivity index (χ1n) is 7.19. The van der Waals surface area contributed by atoms with Crippen LogP contribution in [0.5, 0.6) is 5.75 Å². The van der Waals surface area contributed by atoms with Crippen LogP contribution in [-0.2, 0) is 16.6 Å². The molecule has 1 fully saturated rings. The predicted octanol–water partition coefficient (Wildman–Crippen LogP) is 1.65. The molecule has 0 saturated heterocycles. The zero-order chi connectivity index (χ0) is 15.6. The van der Waals surface area contributed by atoms with Crippen molar-refractivity contribution < 1.29 is 13.2 Å². The molecular weight excluding hydrogens is 302 g/mol. The molecule has 0 unspecified atom stereocenters. The maximum absolute atomic E-state index is 12.4. The second-order valence-corrected chi connectivity index (χ2v) is 7.25. The molecule has 1 aliphatic rings. The molecule has 0 amide bonds. The van der Waals surface area contributed by atoms with Crippen molar-refractivity contribution in [1.29, 1.82) is 0 Å². The third-order valence-corrected chi connectivity index (χ3v) is 5.50. The third kappa shape index (κ3) is 3.15. The number of nitrogens with one attached hydrogen (secondary N) is 1. The van der Waals surface area contributed by atoms with Crippen LogP contribution in [-0.4, -0.2) is 31.1 Å². The molecule has 3 rings (SSSR count). The summed E-state index contributed by atoms with van der Waals surface area (Å²) in [5.41, 5.74) is 0. The summed E-state index contributed by atoms with van der Waals surface area (Å²) < 4.78 is 34.8. The maximum Gasteiger partial charge on any atom is 0.244 e. The summed E-state index contributed by atoms with van der Waals surface area (Å²) >= 11 is 0. The molecule has 1 aromatic heterocycles. The highest BCUT2D eigenvalue weighted by Gasteiger charge is 2.33. The van der Waals surface area contributed by atoms with Gasteiger partial charge in [0.1, 0.15) is 10.6 Å². The van der Waals surface area contributed by atoms with Gasteiger partial charge in [0.15, 0.2) is 0 Å². The molecule has 118 valence electrons. The van der Waals surface area contributed by atoms with Crippen molar-refractivity contribution in [2.24, 2.45) is 5.92 Å². The summed E-state index contributed by atoms with van der Waals surface area (Å²) in [6.45, 7) is 0.882. The highest BCUT2D eigenvalue weighted by molar-refractivity contribution is 7.89. The molecule has 1 aromatic carbocycles. The smallest absolute Gasteiger partial charge is 0.244 e. The summed E-state index contributed by atoms with van der Waals surface area (Å²) in [6, 6.07) is 6.64. The Hall–Kier alpha value is -1.86. The predicted molar refractivity (Wildman–Crippen MR) is 82.1 cm³/mol. The second kappa shape index (κ2) is 6.10. The Balaban J connectivity index is 1.60. The number of methoxy groups -OCH3 is 1. The van der Waals surface area contributed by atoms with Gasteiger partial charge in [-0.25, -0.2) is 18.1 Å². The van der Waals surface area contributed by atoms with Crippen molar-refractivity contribution in [2.45, 2.75) is 30.3 Å². The van der Waals surface area contributed by atoms with Gasteiger partial charge in [0.25, 0.3) is 0 Å². The Bertz CT molecular complexity index is 722. The number of nitrogens with zero attached hydrogens (tertiary/aromatic N) is 2. The van der Waals surface area contributed by atoms with Crippen molar-refractivity contribution in [3.05, 3.63) is 43.0 Å². The monoisotopic (exact) mass is 321 g/mol. The van der Waals surface area contributed by atoms with E-state index < -0.39 is 10.0 Å². The number of imidazole rings is 1. The van der Waals surface area contributed by atoms with Crippen LogP contribution in [0.4, 0.5) is 0 Å². The molecular formula is C15H19N3O3S. The van der Waals surface area contributed by atoms with E-state index in [0.29, 0.717) is 11.7 Å². The number of sulfonamides is 1. The van der Waals surface area contributed by atoms with Gasteiger partial charge >= 0.3 is 0 Å². The van der Waals surface area contributed by atoms with Crippen LogP contribution in [0.3, 0.4) is 0 Å². The van der Waals surface area contributed by atoms with Crippen LogP contribution >= 0.6 is 0 Å². The lowest BCUT2D eigenvalue weighted by atomic mass is 9.81. The van der Waals surface area contributed by atoms with E-state index in [9.17, 15) is 8.42 Å². The molecule has 0 radical (unpaired) electrons. The number of hydrogen-bond donors (Lipinski definition) is 1. The molecule has 0 aliphatic heterocycles. The summed E-state index contributed by atoms with van der Waals surface area (Å²) in [7, 11) is -2.07. The largest absolute Gasteiger partial charge is 0.495 e. The van der Waals surface area contributed by atoms with Crippen molar-refractivity contribution >= 4 is 10.0 Å². The van der Waals surface area contributed by atoms with E-state index in [-0.39, 0.29) is 10.9 Å². The minimum absolute atomic E-state index is 0.0107. The van der Waals surface area contributed by atoms with Crippen LogP contribution in [0.15, 0.2) is 47.9 Å².